The molecule has 2 heterocycles. The molecule has 0 saturated carbocycles. The molecule has 5 nitrogen and oxygen atoms in total. The number of aryl methyl sites for hydroxylation is 2. The minimum Gasteiger partial charge on any atom is -0.337 e. The fourth-order valence-electron chi connectivity index (χ4n) is 4.09. The lowest BCUT2D eigenvalue weighted by atomic mass is 10.0. The monoisotopic (exact) mass is 406 g/mol. The van der Waals surface area contributed by atoms with Crippen LogP contribution in [0.15, 0.2) is 42.5 Å². The van der Waals surface area contributed by atoms with Gasteiger partial charge in [-0.15, -0.1) is 0 Å². The van der Waals surface area contributed by atoms with Crippen LogP contribution < -0.4 is 0 Å². The zero-order valence-corrected chi connectivity index (χ0v) is 17.7. The first-order valence-corrected chi connectivity index (χ1v) is 10.4. The van der Waals surface area contributed by atoms with Crippen LogP contribution in [0.2, 0.25) is 0 Å². The number of carbonyl (C=O) groups is 1. The lowest BCUT2D eigenvalue weighted by Gasteiger charge is -2.37. The van der Waals surface area contributed by atoms with Crippen molar-refractivity contribution in [2.45, 2.75) is 39.3 Å². The molecule has 156 valence electrons. The first-order valence-electron chi connectivity index (χ1n) is 10.4. The van der Waals surface area contributed by atoms with E-state index in [0.717, 1.165) is 48.4 Å². The summed E-state index contributed by atoms with van der Waals surface area (Å²) in [5.74, 6) is -0.193. The second-order valence-corrected chi connectivity index (χ2v) is 8.14. The topological polar surface area (TPSA) is 49.3 Å². The molecule has 0 aliphatic carbocycles. The van der Waals surface area contributed by atoms with Gasteiger partial charge in [0.25, 0.3) is 5.91 Å². The number of hydrogen-bond donors (Lipinski definition) is 0. The van der Waals surface area contributed by atoms with Crippen molar-refractivity contribution in [3.8, 4) is 0 Å². The van der Waals surface area contributed by atoms with Crippen molar-refractivity contribution >= 4 is 16.9 Å². The van der Waals surface area contributed by atoms with Crippen molar-refractivity contribution in [1.29, 1.82) is 0 Å². The Morgan fingerprint density at radius 2 is 1.87 bits per heavy atom. The van der Waals surface area contributed by atoms with E-state index in [1.807, 2.05) is 56.1 Å². The van der Waals surface area contributed by atoms with Crippen molar-refractivity contribution < 1.29 is 9.18 Å². The molecular weight excluding hydrogens is 379 g/mol. The van der Waals surface area contributed by atoms with Gasteiger partial charge in [0.2, 0.25) is 0 Å². The van der Waals surface area contributed by atoms with Crippen molar-refractivity contribution in [3.05, 3.63) is 70.8 Å². The number of amides is 1. The van der Waals surface area contributed by atoms with E-state index in [1.54, 1.807) is 6.07 Å². The molecule has 1 aliphatic rings. The fraction of sp³-hybridized carbons (Fsp3) is 0.375. The van der Waals surface area contributed by atoms with Crippen LogP contribution in [0.4, 0.5) is 4.39 Å². The van der Waals surface area contributed by atoms with Gasteiger partial charge in [0, 0.05) is 37.3 Å². The second-order valence-electron chi connectivity index (χ2n) is 8.14. The maximum Gasteiger partial charge on any atom is 0.253 e. The zero-order valence-electron chi connectivity index (χ0n) is 17.7. The number of aromatic nitrogens is 2. The van der Waals surface area contributed by atoms with Gasteiger partial charge in [0.05, 0.1) is 22.4 Å². The highest BCUT2D eigenvalue weighted by molar-refractivity contribution is 5.97. The maximum atomic E-state index is 14.0. The lowest BCUT2D eigenvalue weighted by molar-refractivity contribution is 0.0608. The van der Waals surface area contributed by atoms with Gasteiger partial charge in [-0.25, -0.2) is 14.4 Å². The number of benzene rings is 2. The number of halogens is 1. The Morgan fingerprint density at radius 3 is 2.63 bits per heavy atom. The molecule has 3 aromatic rings. The van der Waals surface area contributed by atoms with Crippen molar-refractivity contribution in [2.24, 2.45) is 0 Å². The molecule has 1 fully saturated rings. The number of likely N-dealkylation sites (N-methyl/N-ethyl adjacent to an activating group) is 1. The van der Waals surface area contributed by atoms with Crippen LogP contribution in [0.3, 0.4) is 0 Å². The van der Waals surface area contributed by atoms with E-state index in [4.69, 9.17) is 0 Å². The molecule has 2 aromatic carbocycles. The van der Waals surface area contributed by atoms with Gasteiger partial charge in [0.1, 0.15) is 5.82 Å². The highest BCUT2D eigenvalue weighted by Gasteiger charge is 2.27. The van der Waals surface area contributed by atoms with E-state index in [9.17, 15) is 9.18 Å². The van der Waals surface area contributed by atoms with Gasteiger partial charge >= 0.3 is 0 Å². The predicted molar refractivity (Wildman–Crippen MR) is 116 cm³/mol. The normalized spacial score (nSPS) is 17.3. The number of likely N-dealkylation sites (tertiary alicyclic amines) is 1. The Balaban J connectivity index is 1.48. The van der Waals surface area contributed by atoms with Crippen molar-refractivity contribution in [3.63, 3.8) is 0 Å². The van der Waals surface area contributed by atoms with Gasteiger partial charge in [0.15, 0.2) is 0 Å². The summed E-state index contributed by atoms with van der Waals surface area (Å²) in [4.78, 5) is 26.3. The molecule has 0 bridgehead atoms. The Labute approximate surface area is 176 Å². The van der Waals surface area contributed by atoms with E-state index >= 15 is 0 Å². The van der Waals surface area contributed by atoms with Crippen molar-refractivity contribution in [2.75, 3.05) is 20.1 Å². The summed E-state index contributed by atoms with van der Waals surface area (Å²) in [5, 5.41) is 0. The Morgan fingerprint density at radius 1 is 1.13 bits per heavy atom. The van der Waals surface area contributed by atoms with Crippen LogP contribution >= 0.6 is 0 Å². The molecule has 30 heavy (non-hydrogen) atoms. The molecule has 1 aromatic heterocycles. The Bertz CT molecular complexity index is 1080. The first-order chi connectivity index (χ1) is 14.4. The molecule has 1 unspecified atom stereocenters. The number of nitrogens with zero attached hydrogens (tertiary/aromatic N) is 4. The van der Waals surface area contributed by atoms with Gasteiger partial charge in [-0.05, 0) is 57.5 Å². The van der Waals surface area contributed by atoms with Crippen LogP contribution in [0.5, 0.6) is 0 Å². The average molecular weight is 407 g/mol. The minimum absolute atomic E-state index is 0.0188. The lowest BCUT2D eigenvalue weighted by Crippen LogP contribution is -2.48. The smallest absolute Gasteiger partial charge is 0.253 e. The van der Waals surface area contributed by atoms with Gasteiger partial charge in [-0.3, -0.25) is 9.69 Å². The number of carbonyl (C=O) groups excluding carboxylic acids is 1. The summed E-state index contributed by atoms with van der Waals surface area (Å²) < 4.78 is 14.0. The molecule has 6 heteroatoms. The number of hydrogen-bond acceptors (Lipinski definition) is 4. The third kappa shape index (κ3) is 4.19. The minimum atomic E-state index is -0.174. The molecule has 1 atom stereocenters. The number of rotatable bonds is 4. The van der Waals surface area contributed by atoms with Crippen LogP contribution in [-0.2, 0) is 6.54 Å². The second kappa shape index (κ2) is 8.48. The summed E-state index contributed by atoms with van der Waals surface area (Å²) in [6.45, 7) is 6.08. The molecule has 1 aliphatic heterocycles. The number of fused-ring (bicyclic) bond motifs is 1. The van der Waals surface area contributed by atoms with Crippen LogP contribution in [0.25, 0.3) is 11.0 Å². The molecule has 0 spiro atoms. The van der Waals surface area contributed by atoms with E-state index in [2.05, 4.69) is 14.9 Å². The summed E-state index contributed by atoms with van der Waals surface area (Å²) in [6.07, 6.45) is 1.93. The summed E-state index contributed by atoms with van der Waals surface area (Å²) in [6, 6.07) is 12.5. The van der Waals surface area contributed by atoms with Crippen LogP contribution in [0, 0.1) is 19.7 Å². The third-order valence-corrected chi connectivity index (χ3v) is 6.02. The van der Waals surface area contributed by atoms with Crippen molar-refractivity contribution in [1.82, 2.24) is 19.8 Å². The van der Waals surface area contributed by atoms with Gasteiger partial charge in [-0.2, -0.15) is 0 Å². The first kappa shape index (κ1) is 20.4. The summed E-state index contributed by atoms with van der Waals surface area (Å²) in [7, 11) is 1.86. The SMILES string of the molecule is Cc1nc2ccc(C(=O)N(C)C3CCCN(Cc4ccccc4F)C3)cc2nc1C. The standard InChI is InChI=1S/C24H27FN4O/c1-16-17(2)27-23-13-18(10-11-22(23)26-16)24(30)28(3)20-8-6-12-29(15-20)14-19-7-4-5-9-21(19)25/h4-5,7,9-11,13,20H,6,8,12,14-15H2,1-3H3. The van der Waals surface area contributed by atoms with Gasteiger partial charge in [-0.1, -0.05) is 18.2 Å². The molecule has 0 radical (unpaired) electrons. The summed E-state index contributed by atoms with van der Waals surface area (Å²) >= 11 is 0. The largest absolute Gasteiger partial charge is 0.337 e. The molecule has 1 amide bonds. The number of piperidine rings is 1. The summed E-state index contributed by atoms with van der Waals surface area (Å²) in [5.41, 5.74) is 4.63. The van der Waals surface area contributed by atoms with E-state index < -0.39 is 0 Å². The van der Waals surface area contributed by atoms with Crippen LogP contribution in [0.1, 0.15) is 40.2 Å². The molecule has 4 rings (SSSR count). The molecular formula is C24H27FN4O. The maximum absolute atomic E-state index is 14.0. The van der Waals surface area contributed by atoms with Gasteiger partial charge < -0.3 is 4.90 Å². The van der Waals surface area contributed by atoms with Crippen LogP contribution in [-0.4, -0.2) is 51.9 Å². The predicted octanol–water partition coefficient (Wildman–Crippen LogP) is 4.12. The third-order valence-electron chi connectivity index (χ3n) is 6.02. The molecule has 0 N–H and O–H groups in total. The Kier molecular flexibility index (Phi) is 5.77. The van der Waals surface area contributed by atoms with E-state index in [1.165, 1.54) is 6.07 Å². The fourth-order valence-corrected chi connectivity index (χ4v) is 4.09. The average Bonchev–Trinajstić information content (AvgIpc) is 2.75. The molecule has 1 saturated heterocycles. The van der Waals surface area contributed by atoms with E-state index in [0.29, 0.717) is 17.7 Å². The highest BCUT2D eigenvalue weighted by atomic mass is 19.1. The quantitative estimate of drug-likeness (QED) is 0.654. The Hall–Kier alpha value is -2.86. The highest BCUT2D eigenvalue weighted by Crippen LogP contribution is 2.21. The zero-order chi connectivity index (χ0) is 21.3. The van der Waals surface area contributed by atoms with E-state index in [-0.39, 0.29) is 17.8 Å².